The van der Waals surface area contributed by atoms with Crippen LogP contribution >= 0.6 is 12.2 Å². The first-order valence-corrected chi connectivity index (χ1v) is 5.43. The highest BCUT2D eigenvalue weighted by Crippen LogP contribution is 2.22. The van der Waals surface area contributed by atoms with Gasteiger partial charge in [0.1, 0.15) is 10.2 Å². The van der Waals surface area contributed by atoms with Crippen LogP contribution in [0.3, 0.4) is 0 Å². The zero-order chi connectivity index (χ0) is 12.1. The van der Waals surface area contributed by atoms with E-state index in [1.54, 1.807) is 6.33 Å². The molecule has 0 aromatic carbocycles. The average molecular weight is 237 g/mol. The average Bonchev–Trinajstić information content (AvgIpc) is 2.44. The van der Waals surface area contributed by atoms with Crippen LogP contribution in [0, 0.1) is 4.64 Å². The fourth-order valence-corrected chi connectivity index (χ4v) is 2.37. The van der Waals surface area contributed by atoms with Crippen molar-refractivity contribution in [3.63, 3.8) is 0 Å². The molecule has 16 heavy (non-hydrogen) atoms. The van der Waals surface area contributed by atoms with Crippen LogP contribution in [0.2, 0.25) is 0 Å². The normalized spacial score (nSPS) is 12.2. The summed E-state index contributed by atoms with van der Waals surface area (Å²) in [7, 11) is 1.90. The minimum atomic E-state index is -0.188. The monoisotopic (exact) mass is 237 g/mol. The number of rotatable bonds is 0. The fourth-order valence-electron chi connectivity index (χ4n) is 1.76. The highest BCUT2D eigenvalue weighted by Gasteiger charge is 2.19. The van der Waals surface area contributed by atoms with E-state index in [9.17, 15) is 0 Å². The van der Waals surface area contributed by atoms with Gasteiger partial charge in [-0.05, 0) is 20.8 Å². The number of nitrogens with zero attached hydrogens (tertiary/aromatic N) is 4. The molecule has 0 fully saturated rings. The molecule has 0 amide bonds. The van der Waals surface area contributed by atoms with Crippen molar-refractivity contribution >= 4 is 29.3 Å². The van der Waals surface area contributed by atoms with E-state index in [1.807, 2.05) is 37.0 Å². The summed E-state index contributed by atoms with van der Waals surface area (Å²) in [5.74, 6) is 0.406. The van der Waals surface area contributed by atoms with Crippen LogP contribution in [0.25, 0.3) is 11.2 Å². The number of anilines is 1. The second-order valence-electron chi connectivity index (χ2n) is 4.81. The summed E-state index contributed by atoms with van der Waals surface area (Å²) in [6.45, 7) is 6.13. The number of aromatic nitrogens is 4. The van der Waals surface area contributed by atoms with Crippen LogP contribution < -0.4 is 5.73 Å². The predicted octanol–water partition coefficient (Wildman–Crippen LogP) is 1.84. The SMILES string of the molecule is Cn1cnc2nc(N)n(C(C)(C)C)c(=S)c21. The van der Waals surface area contributed by atoms with E-state index < -0.39 is 0 Å². The molecule has 0 unspecified atom stereocenters. The van der Waals surface area contributed by atoms with Crippen LogP contribution in [0.5, 0.6) is 0 Å². The lowest BCUT2D eigenvalue weighted by molar-refractivity contribution is 0.394. The Morgan fingerprint density at radius 3 is 2.56 bits per heavy atom. The molecule has 0 spiro atoms. The Labute approximate surface area is 98.9 Å². The number of hydrogen-bond donors (Lipinski definition) is 1. The van der Waals surface area contributed by atoms with Crippen molar-refractivity contribution in [1.82, 2.24) is 19.1 Å². The molecule has 0 aliphatic carbocycles. The Kier molecular flexibility index (Phi) is 2.27. The van der Waals surface area contributed by atoms with Crippen molar-refractivity contribution < 1.29 is 0 Å². The molecule has 0 aliphatic heterocycles. The van der Waals surface area contributed by atoms with Gasteiger partial charge in [0.25, 0.3) is 0 Å². The summed E-state index contributed by atoms with van der Waals surface area (Å²) in [6, 6.07) is 0. The molecule has 0 saturated carbocycles. The first-order chi connectivity index (χ1) is 7.32. The maximum Gasteiger partial charge on any atom is 0.203 e. The van der Waals surface area contributed by atoms with Crippen LogP contribution in [0.4, 0.5) is 5.95 Å². The summed E-state index contributed by atoms with van der Waals surface area (Å²) >= 11 is 5.45. The van der Waals surface area contributed by atoms with Gasteiger partial charge in [-0.1, -0.05) is 12.2 Å². The maximum absolute atomic E-state index is 5.92. The van der Waals surface area contributed by atoms with E-state index >= 15 is 0 Å². The molecule has 6 heteroatoms. The first-order valence-electron chi connectivity index (χ1n) is 5.02. The largest absolute Gasteiger partial charge is 0.369 e. The van der Waals surface area contributed by atoms with E-state index in [0.717, 1.165) is 5.52 Å². The molecule has 2 N–H and O–H groups in total. The van der Waals surface area contributed by atoms with Crippen LogP contribution in [0.1, 0.15) is 20.8 Å². The van der Waals surface area contributed by atoms with Crippen molar-refractivity contribution in [2.75, 3.05) is 5.73 Å². The van der Waals surface area contributed by atoms with Crippen LogP contribution in [0.15, 0.2) is 6.33 Å². The zero-order valence-electron chi connectivity index (χ0n) is 9.85. The van der Waals surface area contributed by atoms with Gasteiger partial charge in [-0.3, -0.25) is 4.57 Å². The van der Waals surface area contributed by atoms with Gasteiger partial charge in [0.15, 0.2) is 5.65 Å². The van der Waals surface area contributed by atoms with Gasteiger partial charge in [-0.15, -0.1) is 0 Å². The number of nitrogen functional groups attached to an aromatic ring is 1. The standard InChI is InChI=1S/C10H15N5S/c1-10(2,3)15-8(16)6-7(13-9(15)11)12-5-14(6)4/h5H,1-4H3,(H2,11,13). The lowest BCUT2D eigenvalue weighted by atomic mass is 10.1. The molecule has 2 aromatic heterocycles. The molecule has 0 atom stereocenters. The highest BCUT2D eigenvalue weighted by molar-refractivity contribution is 7.71. The van der Waals surface area contributed by atoms with Gasteiger partial charge in [0, 0.05) is 12.6 Å². The number of aryl methyl sites for hydroxylation is 1. The molecule has 2 aromatic rings. The summed E-state index contributed by atoms with van der Waals surface area (Å²) in [4.78, 5) is 8.42. The van der Waals surface area contributed by atoms with Gasteiger partial charge in [-0.2, -0.15) is 4.98 Å². The minimum Gasteiger partial charge on any atom is -0.369 e. The Bertz CT molecular complexity index is 602. The topological polar surface area (TPSA) is 61.7 Å². The molecule has 2 heterocycles. The second-order valence-corrected chi connectivity index (χ2v) is 5.20. The third-order valence-corrected chi connectivity index (χ3v) is 2.82. The Hall–Kier alpha value is -1.43. The van der Waals surface area contributed by atoms with E-state index in [0.29, 0.717) is 16.2 Å². The predicted molar refractivity (Wildman–Crippen MR) is 66.7 cm³/mol. The smallest absolute Gasteiger partial charge is 0.203 e. The van der Waals surface area contributed by atoms with Gasteiger partial charge in [0.05, 0.1) is 6.33 Å². The zero-order valence-corrected chi connectivity index (χ0v) is 10.7. The molecule has 0 radical (unpaired) electrons. The van der Waals surface area contributed by atoms with Gasteiger partial charge >= 0.3 is 0 Å². The summed E-state index contributed by atoms with van der Waals surface area (Å²) < 4.78 is 4.40. The molecule has 0 bridgehead atoms. The minimum absolute atomic E-state index is 0.188. The van der Waals surface area contributed by atoms with Crippen molar-refractivity contribution in [2.45, 2.75) is 26.3 Å². The summed E-state index contributed by atoms with van der Waals surface area (Å²) in [5, 5.41) is 0. The molecule has 86 valence electrons. The molecular weight excluding hydrogens is 222 g/mol. The van der Waals surface area contributed by atoms with Gasteiger partial charge in [0.2, 0.25) is 5.95 Å². The van der Waals surface area contributed by atoms with Crippen molar-refractivity contribution in [1.29, 1.82) is 0 Å². The molecular formula is C10H15N5S. The van der Waals surface area contributed by atoms with E-state index in [2.05, 4.69) is 9.97 Å². The summed E-state index contributed by atoms with van der Waals surface area (Å²) in [6.07, 6.45) is 1.69. The molecule has 2 rings (SSSR count). The van der Waals surface area contributed by atoms with E-state index in [1.165, 1.54) is 0 Å². The van der Waals surface area contributed by atoms with E-state index in [-0.39, 0.29) is 5.54 Å². The Morgan fingerprint density at radius 1 is 1.38 bits per heavy atom. The van der Waals surface area contributed by atoms with Gasteiger partial charge < -0.3 is 10.3 Å². The third kappa shape index (κ3) is 1.49. The highest BCUT2D eigenvalue weighted by atomic mass is 32.1. The lowest BCUT2D eigenvalue weighted by Gasteiger charge is -2.24. The molecule has 5 nitrogen and oxygen atoms in total. The van der Waals surface area contributed by atoms with Crippen LogP contribution in [-0.2, 0) is 12.6 Å². The second kappa shape index (κ2) is 3.28. The van der Waals surface area contributed by atoms with Crippen LogP contribution in [-0.4, -0.2) is 19.1 Å². The number of imidazole rings is 1. The number of hydrogen-bond acceptors (Lipinski definition) is 4. The quantitative estimate of drug-likeness (QED) is 0.710. The van der Waals surface area contributed by atoms with Crippen molar-refractivity contribution in [2.24, 2.45) is 7.05 Å². The Balaban J connectivity index is 2.96. The lowest BCUT2D eigenvalue weighted by Crippen LogP contribution is -2.26. The summed E-state index contributed by atoms with van der Waals surface area (Å²) in [5.41, 5.74) is 7.18. The fraction of sp³-hybridized carbons (Fsp3) is 0.500. The molecule has 0 saturated heterocycles. The maximum atomic E-state index is 5.92. The van der Waals surface area contributed by atoms with Crippen molar-refractivity contribution in [3.8, 4) is 0 Å². The third-order valence-electron chi connectivity index (χ3n) is 2.44. The van der Waals surface area contributed by atoms with Gasteiger partial charge in [-0.25, -0.2) is 4.98 Å². The first kappa shape index (κ1) is 11.1. The van der Waals surface area contributed by atoms with Crippen molar-refractivity contribution in [3.05, 3.63) is 11.0 Å². The number of nitrogens with two attached hydrogens (primary N) is 1. The molecule has 0 aliphatic rings. The number of fused-ring (bicyclic) bond motifs is 1. The Morgan fingerprint density at radius 2 is 2.00 bits per heavy atom. The van der Waals surface area contributed by atoms with E-state index in [4.69, 9.17) is 18.0 Å².